The van der Waals surface area contributed by atoms with Crippen molar-refractivity contribution in [1.82, 2.24) is 4.90 Å². The van der Waals surface area contributed by atoms with Crippen molar-refractivity contribution >= 4 is 17.4 Å². The molecule has 1 aliphatic heterocycles. The summed E-state index contributed by atoms with van der Waals surface area (Å²) in [6.07, 6.45) is 2.09. The maximum atomic E-state index is 11.7. The second-order valence-corrected chi connectivity index (χ2v) is 3.90. The van der Waals surface area contributed by atoms with Crippen LogP contribution in [0.3, 0.4) is 0 Å². The van der Waals surface area contributed by atoms with Gasteiger partial charge in [-0.1, -0.05) is 0 Å². The Labute approximate surface area is 93.9 Å². The first-order valence-corrected chi connectivity index (χ1v) is 5.31. The third-order valence-electron chi connectivity index (χ3n) is 2.66. The SMILES string of the molecule is Nc1ccc(NC(=O)N2CCCC2)c(O)c1. The van der Waals surface area contributed by atoms with Crippen LogP contribution >= 0.6 is 0 Å². The van der Waals surface area contributed by atoms with Crippen LogP contribution in [0.1, 0.15) is 12.8 Å². The number of hydrogen-bond donors (Lipinski definition) is 3. The second kappa shape index (κ2) is 4.30. The number of hydrogen-bond acceptors (Lipinski definition) is 3. The van der Waals surface area contributed by atoms with Gasteiger partial charge in [0.05, 0.1) is 5.69 Å². The summed E-state index contributed by atoms with van der Waals surface area (Å²) in [5.74, 6) is -0.00690. The molecule has 0 aromatic heterocycles. The van der Waals surface area contributed by atoms with Gasteiger partial charge in [0.15, 0.2) is 0 Å². The van der Waals surface area contributed by atoms with Gasteiger partial charge < -0.3 is 21.1 Å². The molecule has 1 fully saturated rings. The summed E-state index contributed by atoms with van der Waals surface area (Å²) in [5, 5.41) is 12.2. The summed E-state index contributed by atoms with van der Waals surface area (Å²) in [4.78, 5) is 13.5. The Morgan fingerprint density at radius 1 is 1.38 bits per heavy atom. The van der Waals surface area contributed by atoms with Crippen LogP contribution in [-0.4, -0.2) is 29.1 Å². The lowest BCUT2D eigenvalue weighted by Gasteiger charge is -2.16. The van der Waals surface area contributed by atoms with Gasteiger partial charge >= 0.3 is 6.03 Å². The standard InChI is InChI=1S/C11H15N3O2/c12-8-3-4-9(10(15)7-8)13-11(16)14-5-1-2-6-14/h3-4,7,15H,1-2,5-6,12H2,(H,13,16). The minimum atomic E-state index is -0.169. The van der Waals surface area contributed by atoms with Crippen LogP contribution in [0.2, 0.25) is 0 Å². The molecule has 4 N–H and O–H groups in total. The number of phenolic OH excluding ortho intramolecular Hbond substituents is 1. The van der Waals surface area contributed by atoms with Crippen molar-refractivity contribution in [2.24, 2.45) is 0 Å². The summed E-state index contributed by atoms with van der Waals surface area (Å²) < 4.78 is 0. The van der Waals surface area contributed by atoms with Crippen molar-refractivity contribution in [3.05, 3.63) is 18.2 Å². The van der Waals surface area contributed by atoms with Crippen LogP contribution in [0.15, 0.2) is 18.2 Å². The summed E-state index contributed by atoms with van der Waals surface area (Å²) in [6.45, 7) is 1.56. The molecule has 1 aromatic rings. The number of nitrogens with one attached hydrogen (secondary N) is 1. The number of carbonyl (C=O) groups is 1. The molecular formula is C11H15N3O2. The van der Waals surface area contributed by atoms with Crippen LogP contribution in [0.5, 0.6) is 5.75 Å². The number of nitrogens with zero attached hydrogens (tertiary/aromatic N) is 1. The maximum absolute atomic E-state index is 11.7. The van der Waals surface area contributed by atoms with E-state index in [1.807, 2.05) is 0 Å². The molecule has 0 atom stereocenters. The van der Waals surface area contributed by atoms with E-state index in [-0.39, 0.29) is 11.8 Å². The number of amides is 2. The van der Waals surface area contributed by atoms with Crippen molar-refractivity contribution < 1.29 is 9.90 Å². The molecule has 0 spiro atoms. The number of nitrogens with two attached hydrogens (primary N) is 1. The van der Waals surface area contributed by atoms with Gasteiger partial charge in [-0.3, -0.25) is 0 Å². The first-order valence-electron chi connectivity index (χ1n) is 5.31. The number of aromatic hydroxyl groups is 1. The van der Waals surface area contributed by atoms with Crippen LogP contribution in [0.4, 0.5) is 16.2 Å². The Morgan fingerprint density at radius 2 is 2.06 bits per heavy atom. The summed E-state index contributed by atoms with van der Waals surface area (Å²) in [7, 11) is 0. The van der Waals surface area contributed by atoms with Gasteiger partial charge in [-0.2, -0.15) is 0 Å². The Kier molecular flexibility index (Phi) is 2.85. The molecule has 0 bridgehead atoms. The Hall–Kier alpha value is -1.91. The van der Waals surface area contributed by atoms with E-state index in [0.29, 0.717) is 11.4 Å². The van der Waals surface area contributed by atoms with Crippen LogP contribution in [-0.2, 0) is 0 Å². The minimum Gasteiger partial charge on any atom is -0.506 e. The summed E-state index contributed by atoms with van der Waals surface area (Å²) >= 11 is 0. The van der Waals surface area contributed by atoms with E-state index in [4.69, 9.17) is 5.73 Å². The smallest absolute Gasteiger partial charge is 0.321 e. The monoisotopic (exact) mass is 221 g/mol. The fourth-order valence-electron chi connectivity index (χ4n) is 1.77. The zero-order valence-corrected chi connectivity index (χ0v) is 8.94. The lowest BCUT2D eigenvalue weighted by molar-refractivity contribution is 0.222. The minimum absolute atomic E-state index is 0.00690. The highest BCUT2D eigenvalue weighted by Crippen LogP contribution is 2.25. The van der Waals surface area contributed by atoms with Crippen LogP contribution in [0, 0.1) is 0 Å². The predicted octanol–water partition coefficient (Wildman–Crippen LogP) is 1.60. The molecule has 1 saturated heterocycles. The molecule has 0 radical (unpaired) electrons. The Balaban J connectivity index is 2.05. The first kappa shape index (κ1) is 10.6. The quantitative estimate of drug-likeness (QED) is 0.498. The second-order valence-electron chi connectivity index (χ2n) is 3.90. The van der Waals surface area contributed by atoms with Gasteiger partial charge in [0.1, 0.15) is 5.75 Å². The molecule has 0 aliphatic carbocycles. The number of nitrogen functional groups attached to an aromatic ring is 1. The fraction of sp³-hybridized carbons (Fsp3) is 0.364. The third-order valence-corrected chi connectivity index (χ3v) is 2.66. The molecule has 5 heteroatoms. The Morgan fingerprint density at radius 3 is 2.69 bits per heavy atom. The Bertz CT molecular complexity index is 400. The number of carbonyl (C=O) groups excluding carboxylic acids is 1. The van der Waals surface area contributed by atoms with E-state index >= 15 is 0 Å². The molecule has 1 aromatic carbocycles. The summed E-state index contributed by atoms with van der Waals surface area (Å²) in [6, 6.07) is 4.48. The van der Waals surface area contributed by atoms with Gasteiger partial charge in [-0.15, -0.1) is 0 Å². The highest BCUT2D eigenvalue weighted by Gasteiger charge is 2.18. The number of rotatable bonds is 1. The predicted molar refractivity (Wildman–Crippen MR) is 62.3 cm³/mol. The van der Waals surface area contributed by atoms with Gasteiger partial charge in [-0.05, 0) is 25.0 Å². The van der Waals surface area contributed by atoms with E-state index in [1.54, 1.807) is 17.0 Å². The van der Waals surface area contributed by atoms with E-state index in [1.165, 1.54) is 6.07 Å². The normalized spacial score (nSPS) is 15.1. The van der Waals surface area contributed by atoms with Crippen LogP contribution < -0.4 is 11.1 Å². The van der Waals surface area contributed by atoms with Crippen LogP contribution in [0.25, 0.3) is 0 Å². The van der Waals surface area contributed by atoms with Gasteiger partial charge in [-0.25, -0.2) is 4.79 Å². The number of benzene rings is 1. The molecule has 86 valence electrons. The highest BCUT2D eigenvalue weighted by atomic mass is 16.3. The topological polar surface area (TPSA) is 78.6 Å². The average Bonchev–Trinajstić information content (AvgIpc) is 2.75. The zero-order chi connectivity index (χ0) is 11.5. The van der Waals surface area contributed by atoms with Gasteiger partial charge in [0, 0.05) is 24.8 Å². The van der Waals surface area contributed by atoms with Crippen molar-refractivity contribution in [3.8, 4) is 5.75 Å². The third kappa shape index (κ3) is 2.18. The zero-order valence-electron chi connectivity index (χ0n) is 8.94. The maximum Gasteiger partial charge on any atom is 0.321 e. The average molecular weight is 221 g/mol. The fourth-order valence-corrected chi connectivity index (χ4v) is 1.77. The van der Waals surface area contributed by atoms with Crippen molar-refractivity contribution in [2.75, 3.05) is 24.1 Å². The first-order chi connectivity index (χ1) is 7.66. The van der Waals surface area contributed by atoms with Crippen molar-refractivity contribution in [3.63, 3.8) is 0 Å². The molecule has 16 heavy (non-hydrogen) atoms. The number of phenols is 1. The molecule has 0 saturated carbocycles. The van der Waals surface area contributed by atoms with Crippen molar-refractivity contribution in [1.29, 1.82) is 0 Å². The van der Waals surface area contributed by atoms with E-state index in [2.05, 4.69) is 5.32 Å². The van der Waals surface area contributed by atoms with Crippen molar-refractivity contribution in [2.45, 2.75) is 12.8 Å². The molecule has 1 heterocycles. The largest absolute Gasteiger partial charge is 0.506 e. The van der Waals surface area contributed by atoms with E-state index in [0.717, 1.165) is 25.9 Å². The van der Waals surface area contributed by atoms with E-state index < -0.39 is 0 Å². The van der Waals surface area contributed by atoms with Gasteiger partial charge in [0.2, 0.25) is 0 Å². The molecular weight excluding hydrogens is 206 g/mol. The van der Waals surface area contributed by atoms with Gasteiger partial charge in [0.25, 0.3) is 0 Å². The molecule has 0 unspecified atom stereocenters. The lowest BCUT2D eigenvalue weighted by atomic mass is 10.2. The van der Waals surface area contributed by atoms with E-state index in [9.17, 15) is 9.90 Å². The molecule has 2 amide bonds. The highest BCUT2D eigenvalue weighted by molar-refractivity contribution is 5.91. The number of urea groups is 1. The molecule has 2 rings (SSSR count). The molecule has 5 nitrogen and oxygen atoms in total. The summed E-state index contributed by atoms with van der Waals surface area (Å²) in [5.41, 5.74) is 6.36. The molecule has 1 aliphatic rings. The lowest BCUT2D eigenvalue weighted by Crippen LogP contribution is -2.32. The number of anilines is 2. The number of likely N-dealkylation sites (tertiary alicyclic amines) is 1.